The summed E-state index contributed by atoms with van der Waals surface area (Å²) in [6, 6.07) is 16.9. The second-order valence-electron chi connectivity index (χ2n) is 8.31. The molecule has 0 saturated heterocycles. The smallest absolute Gasteiger partial charge is 0.171 e. The fraction of sp³-hybridized carbons (Fsp3) is 0.462. The highest BCUT2D eigenvalue weighted by atomic mass is 19.4. The van der Waals surface area contributed by atoms with Crippen LogP contribution in [-0.4, -0.2) is 6.18 Å². The lowest BCUT2D eigenvalue weighted by molar-refractivity contribution is -0.133. The van der Waals surface area contributed by atoms with Crippen LogP contribution in [-0.2, 0) is 0 Å². The standard InChI is InChI=1S/C26H31F3/c1-2-5-20-7-11-22(12-8-20)24-15-17-25(18-16-24)23-13-9-21(10-14-23)6-3-4-19-26(27,28)29/h3,6,9-10,13-18,20,22H,2,4-5,7-8,11-12,19H2,1H3/b6-3+. The van der Waals surface area contributed by atoms with Crippen molar-refractivity contribution in [2.75, 3.05) is 0 Å². The van der Waals surface area contributed by atoms with Crippen molar-refractivity contribution in [1.82, 2.24) is 0 Å². The molecular formula is C26H31F3. The molecule has 0 spiro atoms. The topological polar surface area (TPSA) is 0 Å². The van der Waals surface area contributed by atoms with E-state index in [-0.39, 0.29) is 6.42 Å². The Balaban J connectivity index is 1.55. The number of rotatable bonds is 7. The Kier molecular flexibility index (Phi) is 7.57. The van der Waals surface area contributed by atoms with Gasteiger partial charge in [0, 0.05) is 6.42 Å². The first-order valence-corrected chi connectivity index (χ1v) is 10.9. The SMILES string of the molecule is CCCC1CCC(c2ccc(-c3ccc(/C=C/CCC(F)(F)F)cc3)cc2)CC1. The Labute approximate surface area is 172 Å². The zero-order chi connectivity index (χ0) is 20.7. The largest absolute Gasteiger partial charge is 0.389 e. The number of hydrogen-bond donors (Lipinski definition) is 0. The van der Waals surface area contributed by atoms with Gasteiger partial charge in [-0.15, -0.1) is 0 Å². The molecule has 156 valence electrons. The summed E-state index contributed by atoms with van der Waals surface area (Å²) in [4.78, 5) is 0. The average Bonchev–Trinajstić information content (AvgIpc) is 2.72. The van der Waals surface area contributed by atoms with Crippen molar-refractivity contribution < 1.29 is 13.2 Å². The van der Waals surface area contributed by atoms with Crippen LogP contribution < -0.4 is 0 Å². The van der Waals surface area contributed by atoms with Gasteiger partial charge in [-0.3, -0.25) is 0 Å². The number of benzene rings is 2. The van der Waals surface area contributed by atoms with E-state index in [2.05, 4.69) is 31.2 Å². The second kappa shape index (κ2) is 10.1. The third kappa shape index (κ3) is 6.76. The molecule has 0 aliphatic heterocycles. The van der Waals surface area contributed by atoms with Gasteiger partial charge >= 0.3 is 6.18 Å². The van der Waals surface area contributed by atoms with Gasteiger partial charge in [0.25, 0.3) is 0 Å². The minimum absolute atomic E-state index is 0.0209. The fourth-order valence-electron chi connectivity index (χ4n) is 4.39. The van der Waals surface area contributed by atoms with Crippen LogP contribution in [0.25, 0.3) is 17.2 Å². The Bertz CT molecular complexity index is 761. The maximum absolute atomic E-state index is 12.2. The number of allylic oxidation sites excluding steroid dienone is 1. The van der Waals surface area contributed by atoms with E-state index in [4.69, 9.17) is 0 Å². The summed E-state index contributed by atoms with van der Waals surface area (Å²) in [5, 5.41) is 0. The summed E-state index contributed by atoms with van der Waals surface area (Å²) in [5.41, 5.74) is 4.70. The molecule has 3 rings (SSSR count). The van der Waals surface area contributed by atoms with E-state index in [1.807, 2.05) is 24.3 Å². The zero-order valence-electron chi connectivity index (χ0n) is 17.2. The van der Waals surface area contributed by atoms with Gasteiger partial charge < -0.3 is 0 Å². The molecule has 0 nitrogen and oxygen atoms in total. The number of halogens is 3. The van der Waals surface area contributed by atoms with Crippen molar-refractivity contribution in [3.05, 3.63) is 65.7 Å². The first-order chi connectivity index (χ1) is 13.9. The van der Waals surface area contributed by atoms with Gasteiger partial charge in [0.15, 0.2) is 0 Å². The maximum atomic E-state index is 12.2. The van der Waals surface area contributed by atoms with Crippen molar-refractivity contribution >= 4 is 6.08 Å². The van der Waals surface area contributed by atoms with Crippen molar-refractivity contribution in [2.24, 2.45) is 5.92 Å². The monoisotopic (exact) mass is 400 g/mol. The van der Waals surface area contributed by atoms with Crippen LogP contribution in [0.3, 0.4) is 0 Å². The summed E-state index contributed by atoms with van der Waals surface area (Å²) in [6.07, 6.45) is 6.51. The van der Waals surface area contributed by atoms with E-state index in [1.54, 1.807) is 12.2 Å². The van der Waals surface area contributed by atoms with Crippen LogP contribution in [0, 0.1) is 5.92 Å². The average molecular weight is 401 g/mol. The van der Waals surface area contributed by atoms with Crippen LogP contribution in [0.4, 0.5) is 13.2 Å². The lowest BCUT2D eigenvalue weighted by atomic mass is 9.77. The number of hydrogen-bond acceptors (Lipinski definition) is 0. The predicted octanol–water partition coefficient (Wildman–Crippen LogP) is 8.78. The third-order valence-corrected chi connectivity index (χ3v) is 6.07. The molecular weight excluding hydrogens is 369 g/mol. The van der Waals surface area contributed by atoms with E-state index in [9.17, 15) is 13.2 Å². The molecule has 0 N–H and O–H groups in total. The Morgan fingerprint density at radius 2 is 1.45 bits per heavy atom. The van der Waals surface area contributed by atoms with Crippen LogP contribution in [0.2, 0.25) is 0 Å². The normalized spacial score (nSPS) is 20.3. The third-order valence-electron chi connectivity index (χ3n) is 6.07. The van der Waals surface area contributed by atoms with Gasteiger partial charge in [-0.1, -0.05) is 80.4 Å². The number of alkyl halides is 3. The van der Waals surface area contributed by atoms with Gasteiger partial charge in [-0.25, -0.2) is 0 Å². The summed E-state index contributed by atoms with van der Waals surface area (Å²) < 4.78 is 36.6. The fourth-order valence-corrected chi connectivity index (χ4v) is 4.39. The molecule has 1 saturated carbocycles. The summed E-state index contributed by atoms with van der Waals surface area (Å²) in [5.74, 6) is 1.62. The minimum atomic E-state index is -4.09. The van der Waals surface area contributed by atoms with Crippen LogP contribution in [0.1, 0.15) is 75.3 Å². The van der Waals surface area contributed by atoms with E-state index in [1.165, 1.54) is 49.7 Å². The Morgan fingerprint density at radius 1 is 0.862 bits per heavy atom. The zero-order valence-corrected chi connectivity index (χ0v) is 17.2. The molecule has 0 radical (unpaired) electrons. The molecule has 0 bridgehead atoms. The molecule has 0 aromatic heterocycles. The van der Waals surface area contributed by atoms with E-state index < -0.39 is 12.6 Å². The molecule has 2 aromatic carbocycles. The van der Waals surface area contributed by atoms with Gasteiger partial charge in [0.2, 0.25) is 0 Å². The molecule has 3 heteroatoms. The molecule has 1 fully saturated rings. The Morgan fingerprint density at radius 3 is 2.00 bits per heavy atom. The van der Waals surface area contributed by atoms with Crippen LogP contribution in [0.5, 0.6) is 0 Å². The first-order valence-electron chi connectivity index (χ1n) is 10.9. The van der Waals surface area contributed by atoms with Crippen molar-refractivity contribution in [2.45, 2.75) is 70.4 Å². The first kappa shape index (κ1) is 21.7. The maximum Gasteiger partial charge on any atom is 0.389 e. The van der Waals surface area contributed by atoms with E-state index in [0.29, 0.717) is 5.92 Å². The highest BCUT2D eigenvalue weighted by Gasteiger charge is 2.25. The highest BCUT2D eigenvalue weighted by Crippen LogP contribution is 2.38. The molecule has 0 amide bonds. The second-order valence-corrected chi connectivity index (χ2v) is 8.31. The minimum Gasteiger partial charge on any atom is -0.171 e. The summed E-state index contributed by atoms with van der Waals surface area (Å²) in [6.45, 7) is 2.28. The summed E-state index contributed by atoms with van der Waals surface area (Å²) in [7, 11) is 0. The van der Waals surface area contributed by atoms with Gasteiger partial charge in [0.05, 0.1) is 0 Å². The lowest BCUT2D eigenvalue weighted by Gasteiger charge is -2.28. The van der Waals surface area contributed by atoms with Crippen LogP contribution >= 0.6 is 0 Å². The lowest BCUT2D eigenvalue weighted by Crippen LogP contribution is -2.13. The molecule has 0 atom stereocenters. The highest BCUT2D eigenvalue weighted by molar-refractivity contribution is 5.66. The van der Waals surface area contributed by atoms with E-state index in [0.717, 1.165) is 17.0 Å². The molecule has 29 heavy (non-hydrogen) atoms. The van der Waals surface area contributed by atoms with Crippen LogP contribution in [0.15, 0.2) is 54.6 Å². The van der Waals surface area contributed by atoms with Gasteiger partial charge in [-0.05, 0) is 66.2 Å². The molecule has 1 aliphatic carbocycles. The molecule has 1 aliphatic rings. The summed E-state index contributed by atoms with van der Waals surface area (Å²) >= 11 is 0. The van der Waals surface area contributed by atoms with E-state index >= 15 is 0 Å². The Hall–Kier alpha value is -2.03. The molecule has 0 heterocycles. The molecule has 2 aromatic rings. The van der Waals surface area contributed by atoms with Crippen molar-refractivity contribution in [1.29, 1.82) is 0 Å². The predicted molar refractivity (Wildman–Crippen MR) is 116 cm³/mol. The van der Waals surface area contributed by atoms with Crippen molar-refractivity contribution in [3.8, 4) is 11.1 Å². The van der Waals surface area contributed by atoms with Gasteiger partial charge in [0.1, 0.15) is 0 Å². The van der Waals surface area contributed by atoms with Gasteiger partial charge in [-0.2, -0.15) is 13.2 Å². The molecule has 0 unspecified atom stereocenters. The van der Waals surface area contributed by atoms with Crippen molar-refractivity contribution in [3.63, 3.8) is 0 Å². The quantitative estimate of drug-likeness (QED) is 0.435.